The Balaban J connectivity index is 2.32. The van der Waals surface area contributed by atoms with E-state index in [-0.39, 0.29) is 5.69 Å². The Morgan fingerprint density at radius 2 is 2.17 bits per heavy atom. The zero-order valence-electron chi connectivity index (χ0n) is 10.9. The number of pyridine rings is 1. The van der Waals surface area contributed by atoms with Crippen LogP contribution in [0.25, 0.3) is 0 Å². The van der Waals surface area contributed by atoms with Crippen LogP contribution in [0.5, 0.6) is 0 Å². The molecule has 0 aliphatic carbocycles. The number of nitrogens with two attached hydrogens (primary N) is 2. The molecule has 5 heteroatoms. The Bertz CT molecular complexity index is 460. The molecule has 1 saturated heterocycles. The van der Waals surface area contributed by atoms with Gasteiger partial charge in [0.15, 0.2) is 5.82 Å². The summed E-state index contributed by atoms with van der Waals surface area (Å²) in [5.74, 6) is 0.886. The number of piperidine rings is 1. The van der Waals surface area contributed by atoms with Crippen molar-refractivity contribution in [1.29, 1.82) is 0 Å². The predicted molar refractivity (Wildman–Crippen MR) is 72.4 cm³/mol. The second-order valence-corrected chi connectivity index (χ2v) is 5.15. The summed E-state index contributed by atoms with van der Waals surface area (Å²) in [5, 5.41) is 0. The number of amides is 1. The number of anilines is 2. The normalized spacial score (nSPS) is 24.0. The first kappa shape index (κ1) is 12.7. The number of nitrogens with zero attached hydrogens (tertiary/aromatic N) is 2. The lowest BCUT2D eigenvalue weighted by atomic mass is 9.93. The maximum atomic E-state index is 11.2. The minimum atomic E-state index is -0.519. The first-order valence-electron chi connectivity index (χ1n) is 6.32. The second-order valence-electron chi connectivity index (χ2n) is 5.15. The molecular weight excluding hydrogens is 228 g/mol. The van der Waals surface area contributed by atoms with Crippen LogP contribution in [-0.4, -0.2) is 23.5 Å². The van der Waals surface area contributed by atoms with Crippen LogP contribution in [-0.2, 0) is 0 Å². The average molecular weight is 248 g/mol. The summed E-state index contributed by atoms with van der Waals surface area (Å²) in [7, 11) is 0. The van der Waals surface area contributed by atoms with Crippen molar-refractivity contribution >= 4 is 17.4 Å². The highest BCUT2D eigenvalue weighted by Crippen LogP contribution is 2.30. The van der Waals surface area contributed by atoms with Crippen LogP contribution >= 0.6 is 0 Å². The summed E-state index contributed by atoms with van der Waals surface area (Å²) < 4.78 is 0. The third-order valence-electron chi connectivity index (χ3n) is 3.57. The lowest BCUT2D eigenvalue weighted by molar-refractivity contribution is 0.0995. The SMILES string of the molecule is CC1CCN(c2nc(C(N)=O)ccc2N)C(C)C1. The molecule has 0 spiro atoms. The van der Waals surface area contributed by atoms with E-state index in [9.17, 15) is 4.79 Å². The molecule has 2 atom stereocenters. The minimum absolute atomic E-state index is 0.269. The molecule has 5 nitrogen and oxygen atoms in total. The molecule has 0 saturated carbocycles. The van der Waals surface area contributed by atoms with Gasteiger partial charge in [-0.05, 0) is 37.8 Å². The van der Waals surface area contributed by atoms with Crippen molar-refractivity contribution in [3.8, 4) is 0 Å². The summed E-state index contributed by atoms with van der Waals surface area (Å²) in [4.78, 5) is 17.6. The molecule has 4 N–H and O–H groups in total. The van der Waals surface area contributed by atoms with Crippen LogP contribution in [0.4, 0.5) is 11.5 Å². The zero-order chi connectivity index (χ0) is 13.3. The van der Waals surface area contributed by atoms with Crippen molar-refractivity contribution in [2.24, 2.45) is 11.7 Å². The highest BCUT2D eigenvalue weighted by Gasteiger charge is 2.25. The quantitative estimate of drug-likeness (QED) is 0.828. The molecule has 2 unspecified atom stereocenters. The van der Waals surface area contributed by atoms with Crippen LogP contribution in [0, 0.1) is 5.92 Å². The summed E-state index contributed by atoms with van der Waals surface area (Å²) >= 11 is 0. The number of rotatable bonds is 2. The maximum Gasteiger partial charge on any atom is 0.267 e. The highest BCUT2D eigenvalue weighted by atomic mass is 16.1. The molecule has 0 radical (unpaired) electrons. The summed E-state index contributed by atoms with van der Waals surface area (Å²) in [6, 6.07) is 3.65. The van der Waals surface area contributed by atoms with Gasteiger partial charge in [0.1, 0.15) is 5.69 Å². The van der Waals surface area contributed by atoms with E-state index in [1.54, 1.807) is 12.1 Å². The Morgan fingerprint density at radius 3 is 2.78 bits per heavy atom. The number of hydrogen-bond donors (Lipinski definition) is 2. The van der Waals surface area contributed by atoms with Gasteiger partial charge in [-0.1, -0.05) is 6.92 Å². The second kappa shape index (κ2) is 4.84. The maximum absolute atomic E-state index is 11.2. The molecule has 0 aromatic carbocycles. The van der Waals surface area contributed by atoms with E-state index in [2.05, 4.69) is 23.7 Å². The van der Waals surface area contributed by atoms with Gasteiger partial charge < -0.3 is 16.4 Å². The molecule has 2 heterocycles. The van der Waals surface area contributed by atoms with Crippen molar-refractivity contribution in [2.45, 2.75) is 32.7 Å². The number of carbonyl (C=O) groups is 1. The number of hydrogen-bond acceptors (Lipinski definition) is 4. The van der Waals surface area contributed by atoms with Gasteiger partial charge >= 0.3 is 0 Å². The molecule has 98 valence electrons. The van der Waals surface area contributed by atoms with E-state index in [1.807, 2.05) is 0 Å². The monoisotopic (exact) mass is 248 g/mol. The van der Waals surface area contributed by atoms with Crippen LogP contribution in [0.15, 0.2) is 12.1 Å². The van der Waals surface area contributed by atoms with Gasteiger partial charge in [-0.2, -0.15) is 0 Å². The molecule has 2 rings (SSSR count). The molecule has 1 aliphatic rings. The van der Waals surface area contributed by atoms with Crippen LogP contribution < -0.4 is 16.4 Å². The minimum Gasteiger partial charge on any atom is -0.396 e. The first-order valence-corrected chi connectivity index (χ1v) is 6.32. The Morgan fingerprint density at radius 1 is 1.44 bits per heavy atom. The number of carbonyl (C=O) groups excluding carboxylic acids is 1. The Hall–Kier alpha value is -1.78. The fraction of sp³-hybridized carbons (Fsp3) is 0.538. The van der Waals surface area contributed by atoms with Gasteiger partial charge in [-0.25, -0.2) is 4.98 Å². The third-order valence-corrected chi connectivity index (χ3v) is 3.57. The summed E-state index contributed by atoms with van der Waals surface area (Å²) in [5.41, 5.74) is 12.1. The molecule has 18 heavy (non-hydrogen) atoms. The number of primary amides is 1. The smallest absolute Gasteiger partial charge is 0.267 e. The Kier molecular flexibility index (Phi) is 3.41. The molecular formula is C13H20N4O. The van der Waals surface area contributed by atoms with Gasteiger partial charge in [0.2, 0.25) is 0 Å². The lowest BCUT2D eigenvalue weighted by Crippen LogP contribution is -2.41. The van der Waals surface area contributed by atoms with E-state index in [4.69, 9.17) is 11.5 Å². The summed E-state index contributed by atoms with van der Waals surface area (Å²) in [6.07, 6.45) is 2.23. The molecule has 1 aromatic heterocycles. The lowest BCUT2D eigenvalue weighted by Gasteiger charge is -2.38. The van der Waals surface area contributed by atoms with Crippen LogP contribution in [0.2, 0.25) is 0 Å². The van der Waals surface area contributed by atoms with Crippen molar-refractivity contribution in [2.75, 3.05) is 17.2 Å². The zero-order valence-corrected chi connectivity index (χ0v) is 10.9. The number of nitrogen functional groups attached to an aromatic ring is 1. The van der Waals surface area contributed by atoms with Crippen LogP contribution in [0.3, 0.4) is 0 Å². The van der Waals surface area contributed by atoms with E-state index >= 15 is 0 Å². The Labute approximate surface area is 107 Å². The van der Waals surface area contributed by atoms with Gasteiger partial charge in [0, 0.05) is 12.6 Å². The van der Waals surface area contributed by atoms with Crippen molar-refractivity contribution in [1.82, 2.24) is 4.98 Å². The van der Waals surface area contributed by atoms with Gasteiger partial charge in [0.05, 0.1) is 5.69 Å². The molecule has 1 aliphatic heterocycles. The largest absolute Gasteiger partial charge is 0.396 e. The molecule has 1 amide bonds. The van der Waals surface area contributed by atoms with Gasteiger partial charge in [0.25, 0.3) is 5.91 Å². The highest BCUT2D eigenvalue weighted by molar-refractivity contribution is 5.91. The average Bonchev–Trinajstić information content (AvgIpc) is 2.30. The third kappa shape index (κ3) is 2.39. The predicted octanol–water partition coefficient (Wildman–Crippen LogP) is 1.39. The molecule has 1 aromatic rings. The summed E-state index contributed by atoms with van der Waals surface area (Å²) in [6.45, 7) is 5.33. The van der Waals surface area contributed by atoms with Crippen molar-refractivity contribution in [3.63, 3.8) is 0 Å². The molecule has 1 fully saturated rings. The van der Waals surface area contributed by atoms with Crippen molar-refractivity contribution < 1.29 is 4.79 Å². The van der Waals surface area contributed by atoms with Gasteiger partial charge in [-0.3, -0.25) is 4.79 Å². The topological polar surface area (TPSA) is 85.2 Å². The van der Waals surface area contributed by atoms with E-state index in [0.29, 0.717) is 17.5 Å². The first-order chi connectivity index (χ1) is 8.49. The molecule has 0 bridgehead atoms. The van der Waals surface area contributed by atoms with E-state index < -0.39 is 5.91 Å². The fourth-order valence-electron chi connectivity index (χ4n) is 2.55. The van der Waals surface area contributed by atoms with E-state index in [0.717, 1.165) is 25.3 Å². The van der Waals surface area contributed by atoms with Crippen LogP contribution in [0.1, 0.15) is 37.2 Å². The number of aromatic nitrogens is 1. The van der Waals surface area contributed by atoms with Crippen molar-refractivity contribution in [3.05, 3.63) is 17.8 Å². The van der Waals surface area contributed by atoms with E-state index in [1.165, 1.54) is 0 Å². The van der Waals surface area contributed by atoms with Gasteiger partial charge in [-0.15, -0.1) is 0 Å². The fourth-order valence-corrected chi connectivity index (χ4v) is 2.55. The standard InChI is InChI=1S/C13H20N4O/c1-8-5-6-17(9(2)7-8)13-10(14)3-4-11(16-13)12(15)18/h3-4,8-9H,5-7,14H2,1-2H3,(H2,15,18).